The van der Waals surface area contributed by atoms with Crippen molar-refractivity contribution in [1.29, 1.82) is 0 Å². The quantitative estimate of drug-likeness (QED) is 0.187. The molecule has 14 heteroatoms. The molecule has 2 amide bonds. The van der Waals surface area contributed by atoms with Gasteiger partial charge in [-0.3, -0.25) is 19.2 Å². The van der Waals surface area contributed by atoms with E-state index in [4.69, 9.17) is 20.9 Å². The molecule has 0 fully saturated rings. The Hall–Kier alpha value is -4.98. The lowest BCUT2D eigenvalue weighted by molar-refractivity contribution is -0.158. The van der Waals surface area contributed by atoms with Gasteiger partial charge in [0.15, 0.2) is 5.78 Å². The molecule has 44 heavy (non-hydrogen) atoms. The van der Waals surface area contributed by atoms with Gasteiger partial charge in [-0.1, -0.05) is 62.4 Å². The van der Waals surface area contributed by atoms with Gasteiger partial charge in [-0.2, -0.15) is 0 Å². The van der Waals surface area contributed by atoms with Crippen LogP contribution in [0.2, 0.25) is 0 Å². The summed E-state index contributed by atoms with van der Waals surface area (Å²) >= 11 is 0. The van der Waals surface area contributed by atoms with E-state index in [1.54, 1.807) is 77.1 Å². The molecule has 3 rings (SSSR count). The number of nitrogens with two attached hydrogens (primary N) is 2. The molecule has 5 N–H and O–H groups in total. The van der Waals surface area contributed by atoms with Gasteiger partial charge in [0.05, 0.1) is 18.0 Å². The molecule has 0 saturated carbocycles. The van der Waals surface area contributed by atoms with E-state index >= 15 is 0 Å². The number of nitrogens with zero attached hydrogens (tertiary/aromatic N) is 4. The topological polar surface area (TPSA) is 211 Å². The first-order valence-corrected chi connectivity index (χ1v) is 13.9. The molecule has 14 nitrogen and oxygen atoms in total. The van der Waals surface area contributed by atoms with Crippen molar-refractivity contribution in [1.82, 2.24) is 25.5 Å². The molecule has 1 aromatic heterocycles. The van der Waals surface area contributed by atoms with Gasteiger partial charge in [-0.25, -0.2) is 4.79 Å². The fourth-order valence-electron chi connectivity index (χ4n) is 4.10. The number of carbonyl (C=O) groups excluding carboxylic acids is 5. The molecule has 0 bridgehead atoms. The monoisotopic (exact) mass is 607 g/mol. The molecule has 234 valence electrons. The Kier molecular flexibility index (Phi) is 11.0. The average Bonchev–Trinajstić information content (AvgIpc) is 3.43. The minimum Gasteiger partial charge on any atom is -0.460 e. The van der Waals surface area contributed by atoms with Crippen LogP contribution < -0.4 is 16.8 Å². The number of rotatable bonds is 13. The van der Waals surface area contributed by atoms with Crippen LogP contribution >= 0.6 is 0 Å². The van der Waals surface area contributed by atoms with Crippen LogP contribution in [0.1, 0.15) is 63.0 Å². The van der Waals surface area contributed by atoms with Gasteiger partial charge in [-0.05, 0) is 43.5 Å². The number of ketones is 1. The lowest BCUT2D eigenvalue weighted by atomic mass is 10.0. The second-order valence-corrected chi connectivity index (χ2v) is 11.4. The fourth-order valence-corrected chi connectivity index (χ4v) is 4.10. The summed E-state index contributed by atoms with van der Waals surface area (Å²) in [6.07, 6.45) is -0.514. The summed E-state index contributed by atoms with van der Waals surface area (Å²) in [6.45, 7) is 8.30. The smallest absolute Gasteiger partial charge is 0.341 e. The third kappa shape index (κ3) is 9.01. The number of tetrazole rings is 1. The van der Waals surface area contributed by atoms with Crippen molar-refractivity contribution in [2.24, 2.45) is 17.4 Å². The molecular weight excluding hydrogens is 570 g/mol. The number of amides is 2. The van der Waals surface area contributed by atoms with Crippen molar-refractivity contribution in [3.05, 3.63) is 65.7 Å². The van der Waals surface area contributed by atoms with Crippen molar-refractivity contribution in [3.63, 3.8) is 0 Å². The lowest BCUT2D eigenvalue weighted by Crippen LogP contribution is -2.47. The Balaban J connectivity index is 1.93. The van der Waals surface area contributed by atoms with E-state index in [1.807, 2.05) is 0 Å². The Labute approximate surface area is 254 Å². The van der Waals surface area contributed by atoms with Crippen LogP contribution in [0.4, 0.5) is 0 Å². The molecule has 0 radical (unpaired) electrons. The molecule has 0 aliphatic rings. The zero-order valence-corrected chi connectivity index (χ0v) is 25.2. The zero-order valence-electron chi connectivity index (χ0n) is 25.2. The molecule has 0 aliphatic carbocycles. The fraction of sp³-hybridized carbons (Fsp3) is 0.400. The highest BCUT2D eigenvalue weighted by Gasteiger charge is 2.38. The van der Waals surface area contributed by atoms with E-state index < -0.39 is 59.7 Å². The second-order valence-electron chi connectivity index (χ2n) is 11.4. The van der Waals surface area contributed by atoms with Crippen LogP contribution in [-0.4, -0.2) is 67.4 Å². The molecule has 1 heterocycles. The normalized spacial score (nSPS) is 13.4. The summed E-state index contributed by atoms with van der Waals surface area (Å²) in [5, 5.41) is 14.7. The van der Waals surface area contributed by atoms with Crippen LogP contribution in [-0.2, 0) is 35.3 Å². The minimum absolute atomic E-state index is 0.0927. The maximum Gasteiger partial charge on any atom is 0.341 e. The molecule has 3 unspecified atom stereocenters. The van der Waals surface area contributed by atoms with Crippen molar-refractivity contribution < 1.29 is 33.4 Å². The van der Waals surface area contributed by atoms with Crippen molar-refractivity contribution in [2.45, 2.75) is 71.4 Å². The second kappa shape index (κ2) is 14.5. The first-order chi connectivity index (χ1) is 20.7. The molecule has 3 atom stereocenters. The van der Waals surface area contributed by atoms with Gasteiger partial charge < -0.3 is 26.3 Å². The molecule has 2 aromatic carbocycles. The van der Waals surface area contributed by atoms with E-state index in [0.717, 1.165) is 4.80 Å². The number of carbonyl (C=O) groups is 5. The van der Waals surface area contributed by atoms with Crippen LogP contribution in [0, 0.1) is 5.92 Å². The van der Waals surface area contributed by atoms with Gasteiger partial charge in [0.2, 0.25) is 17.8 Å². The van der Waals surface area contributed by atoms with Crippen molar-refractivity contribution in [3.8, 4) is 11.4 Å². The third-order valence-electron chi connectivity index (χ3n) is 6.22. The van der Waals surface area contributed by atoms with E-state index in [2.05, 4.69) is 20.7 Å². The van der Waals surface area contributed by atoms with E-state index in [-0.39, 0.29) is 29.5 Å². The predicted octanol–water partition coefficient (Wildman–Crippen LogP) is 1.49. The molecule has 0 aliphatic heterocycles. The summed E-state index contributed by atoms with van der Waals surface area (Å²) in [7, 11) is 0. The number of hydrogen-bond donors (Lipinski definition) is 3. The maximum absolute atomic E-state index is 13.5. The highest BCUT2D eigenvalue weighted by atomic mass is 16.6. The number of aromatic nitrogens is 4. The number of primary amides is 1. The Morgan fingerprint density at radius 1 is 0.977 bits per heavy atom. The van der Waals surface area contributed by atoms with Crippen molar-refractivity contribution >= 4 is 29.5 Å². The zero-order chi connectivity index (χ0) is 32.6. The van der Waals surface area contributed by atoms with Gasteiger partial charge in [0, 0.05) is 5.56 Å². The summed E-state index contributed by atoms with van der Waals surface area (Å²) in [6, 6.07) is 10.8. The highest BCUT2D eigenvalue weighted by molar-refractivity contribution is 6.05. The predicted molar refractivity (Wildman–Crippen MR) is 157 cm³/mol. The number of benzene rings is 2. The van der Waals surface area contributed by atoms with Crippen LogP contribution in [0.5, 0.6) is 0 Å². The number of hydrogen-bond acceptors (Lipinski definition) is 11. The Morgan fingerprint density at radius 2 is 1.61 bits per heavy atom. The van der Waals surface area contributed by atoms with Crippen LogP contribution in [0.15, 0.2) is 54.6 Å². The van der Waals surface area contributed by atoms with E-state index in [1.165, 1.54) is 12.1 Å². The molecular formula is C30H37N7O7. The van der Waals surface area contributed by atoms with Gasteiger partial charge in [0.1, 0.15) is 18.2 Å². The molecule has 3 aromatic rings. The number of ether oxygens (including phenoxy) is 2. The number of Topliss-reactive ketones (excluding diaryl/α,β-unsaturated/α-hetero) is 1. The highest BCUT2D eigenvalue weighted by Crippen LogP contribution is 2.22. The summed E-state index contributed by atoms with van der Waals surface area (Å²) in [5.41, 5.74) is 11.6. The minimum atomic E-state index is -1.81. The van der Waals surface area contributed by atoms with Crippen LogP contribution in [0.3, 0.4) is 0 Å². The number of esters is 2. The van der Waals surface area contributed by atoms with E-state index in [0.29, 0.717) is 5.56 Å². The standard InChI is InChI=1S/C30H37N7O7/c1-17(2)23(26(32)40)33-28(41)20-14-10-9-13-19(20)27-34-36-37(35-27)24(29(42)43-16-18-11-7-6-8-12-18)25(39)21(31)15-22(38)44-30(3,4)5/h6-14,17,21,23-24H,15-16,31H2,1-5H3,(H2,32,40)(H,33,41). The lowest BCUT2D eigenvalue weighted by Gasteiger charge is -2.22. The third-order valence-corrected chi connectivity index (χ3v) is 6.22. The Morgan fingerprint density at radius 3 is 2.23 bits per heavy atom. The summed E-state index contributed by atoms with van der Waals surface area (Å²) in [5.74, 6) is -4.39. The average molecular weight is 608 g/mol. The SMILES string of the molecule is CC(C)C(NC(=O)c1ccccc1-c1nnn(C(C(=O)OCc2ccccc2)C(=O)C(N)CC(=O)OC(C)(C)C)n1)C(N)=O. The van der Waals surface area contributed by atoms with Crippen molar-refractivity contribution in [2.75, 3.05) is 0 Å². The largest absolute Gasteiger partial charge is 0.460 e. The van der Waals surface area contributed by atoms with E-state index in [9.17, 15) is 24.0 Å². The molecule has 0 saturated heterocycles. The molecule has 0 spiro atoms. The Bertz CT molecular complexity index is 1500. The van der Waals surface area contributed by atoms with Gasteiger partial charge in [0.25, 0.3) is 5.91 Å². The first-order valence-electron chi connectivity index (χ1n) is 13.9. The number of nitrogens with one attached hydrogen (secondary N) is 1. The van der Waals surface area contributed by atoms with Gasteiger partial charge >= 0.3 is 11.9 Å². The summed E-state index contributed by atoms with van der Waals surface area (Å²) in [4.78, 5) is 64.9. The first kappa shape index (κ1) is 33.5. The van der Waals surface area contributed by atoms with Crippen LogP contribution in [0.25, 0.3) is 11.4 Å². The summed E-state index contributed by atoms with van der Waals surface area (Å²) < 4.78 is 10.7. The van der Waals surface area contributed by atoms with Gasteiger partial charge in [-0.15, -0.1) is 15.0 Å². The maximum atomic E-state index is 13.5.